The summed E-state index contributed by atoms with van der Waals surface area (Å²) in [5, 5.41) is 3.54. The number of sulfonamides is 1. The SMILES string of the molecule is CCCCNC(=O)[C@@H](Cc1ccccc1)N(Cc1ccc(Cl)cc1)C(=O)CN(c1cccc(Br)c1)S(=O)(=O)c1ccc(C)cc1. The highest BCUT2D eigenvalue weighted by Crippen LogP contribution is 2.27. The van der Waals surface area contributed by atoms with Crippen molar-refractivity contribution in [2.75, 3.05) is 17.4 Å². The maximum Gasteiger partial charge on any atom is 0.264 e. The topological polar surface area (TPSA) is 86.8 Å². The van der Waals surface area contributed by atoms with E-state index >= 15 is 0 Å². The van der Waals surface area contributed by atoms with Crippen molar-refractivity contribution in [3.8, 4) is 0 Å². The van der Waals surface area contributed by atoms with Crippen LogP contribution in [0.15, 0.2) is 112 Å². The summed E-state index contributed by atoms with van der Waals surface area (Å²) in [6, 6.07) is 28.9. The zero-order chi connectivity index (χ0) is 32.4. The highest BCUT2D eigenvalue weighted by atomic mass is 79.9. The maximum absolute atomic E-state index is 14.5. The molecule has 0 spiro atoms. The van der Waals surface area contributed by atoms with Crippen molar-refractivity contribution in [1.82, 2.24) is 10.2 Å². The van der Waals surface area contributed by atoms with Gasteiger partial charge in [-0.15, -0.1) is 0 Å². The number of aryl methyl sites for hydroxylation is 1. The summed E-state index contributed by atoms with van der Waals surface area (Å²) in [4.78, 5) is 29.8. The molecule has 1 atom stereocenters. The lowest BCUT2D eigenvalue weighted by atomic mass is 10.0. The van der Waals surface area contributed by atoms with Gasteiger partial charge in [-0.2, -0.15) is 0 Å². The first-order valence-electron chi connectivity index (χ1n) is 14.8. The Kier molecular flexibility index (Phi) is 12.2. The van der Waals surface area contributed by atoms with E-state index in [4.69, 9.17) is 11.6 Å². The summed E-state index contributed by atoms with van der Waals surface area (Å²) in [6.07, 6.45) is 1.94. The number of hydrogen-bond acceptors (Lipinski definition) is 4. The molecule has 236 valence electrons. The molecule has 0 fully saturated rings. The van der Waals surface area contributed by atoms with Crippen LogP contribution in [0.5, 0.6) is 0 Å². The Morgan fingerprint density at radius 2 is 1.58 bits per heavy atom. The van der Waals surface area contributed by atoms with Gasteiger partial charge in [0.15, 0.2) is 0 Å². The van der Waals surface area contributed by atoms with Crippen LogP contribution in [0, 0.1) is 6.92 Å². The van der Waals surface area contributed by atoms with Crippen molar-refractivity contribution in [3.05, 3.63) is 129 Å². The number of nitrogens with zero attached hydrogens (tertiary/aromatic N) is 2. The van der Waals surface area contributed by atoms with Gasteiger partial charge in [0, 0.05) is 29.0 Å². The van der Waals surface area contributed by atoms with Crippen LogP contribution in [-0.2, 0) is 32.6 Å². The van der Waals surface area contributed by atoms with E-state index in [1.807, 2.05) is 44.2 Å². The Bertz CT molecular complexity index is 1680. The van der Waals surface area contributed by atoms with Crippen LogP contribution in [-0.4, -0.2) is 44.3 Å². The molecule has 0 radical (unpaired) electrons. The molecule has 10 heteroatoms. The van der Waals surface area contributed by atoms with Gasteiger partial charge in [0.25, 0.3) is 10.0 Å². The lowest BCUT2D eigenvalue weighted by molar-refractivity contribution is -0.140. The van der Waals surface area contributed by atoms with E-state index in [0.717, 1.165) is 33.8 Å². The van der Waals surface area contributed by atoms with Crippen molar-refractivity contribution in [2.24, 2.45) is 0 Å². The summed E-state index contributed by atoms with van der Waals surface area (Å²) in [6.45, 7) is 3.93. The third-order valence-electron chi connectivity index (χ3n) is 7.35. The van der Waals surface area contributed by atoms with Crippen LogP contribution in [0.3, 0.4) is 0 Å². The van der Waals surface area contributed by atoms with Gasteiger partial charge in [0.2, 0.25) is 11.8 Å². The van der Waals surface area contributed by atoms with Gasteiger partial charge in [-0.1, -0.05) is 107 Å². The molecule has 0 saturated carbocycles. The minimum absolute atomic E-state index is 0.0586. The van der Waals surface area contributed by atoms with Crippen molar-refractivity contribution in [3.63, 3.8) is 0 Å². The van der Waals surface area contributed by atoms with Gasteiger partial charge in [0.05, 0.1) is 10.6 Å². The Hall–Kier alpha value is -3.66. The monoisotopic (exact) mass is 709 g/mol. The normalized spacial score (nSPS) is 11.9. The van der Waals surface area contributed by atoms with E-state index in [2.05, 4.69) is 21.2 Å². The predicted octanol–water partition coefficient (Wildman–Crippen LogP) is 7.16. The van der Waals surface area contributed by atoms with Gasteiger partial charge in [-0.3, -0.25) is 13.9 Å². The molecular formula is C35H37BrClN3O4S. The van der Waals surface area contributed by atoms with Crippen molar-refractivity contribution in [1.29, 1.82) is 0 Å². The number of carbonyl (C=O) groups is 2. The van der Waals surface area contributed by atoms with Crippen LogP contribution in [0.1, 0.15) is 36.5 Å². The Balaban J connectivity index is 1.78. The first-order valence-corrected chi connectivity index (χ1v) is 17.4. The van der Waals surface area contributed by atoms with Gasteiger partial charge in [0.1, 0.15) is 12.6 Å². The molecule has 0 unspecified atom stereocenters. The highest BCUT2D eigenvalue weighted by molar-refractivity contribution is 9.10. The third kappa shape index (κ3) is 9.42. The summed E-state index contributed by atoms with van der Waals surface area (Å²) in [5.74, 6) is -0.822. The third-order valence-corrected chi connectivity index (χ3v) is 9.88. The highest BCUT2D eigenvalue weighted by Gasteiger charge is 2.34. The number of anilines is 1. The fourth-order valence-corrected chi connectivity index (χ4v) is 6.76. The van der Waals surface area contributed by atoms with Gasteiger partial charge >= 0.3 is 0 Å². The Morgan fingerprint density at radius 1 is 0.889 bits per heavy atom. The van der Waals surface area contributed by atoms with Crippen molar-refractivity contribution < 1.29 is 18.0 Å². The zero-order valence-electron chi connectivity index (χ0n) is 25.3. The second-order valence-corrected chi connectivity index (χ2v) is 14.0. The predicted molar refractivity (Wildman–Crippen MR) is 184 cm³/mol. The molecule has 4 aromatic rings. The second-order valence-electron chi connectivity index (χ2n) is 10.8. The van der Waals surface area contributed by atoms with E-state index < -0.39 is 28.5 Å². The fourth-order valence-electron chi connectivity index (χ4n) is 4.84. The molecule has 45 heavy (non-hydrogen) atoms. The van der Waals surface area contributed by atoms with Crippen molar-refractivity contribution >= 4 is 55.1 Å². The van der Waals surface area contributed by atoms with E-state index in [0.29, 0.717) is 21.7 Å². The van der Waals surface area contributed by atoms with Crippen LogP contribution in [0.25, 0.3) is 0 Å². The van der Waals surface area contributed by atoms with Gasteiger partial charge in [-0.25, -0.2) is 8.42 Å². The minimum Gasteiger partial charge on any atom is -0.354 e. The zero-order valence-corrected chi connectivity index (χ0v) is 28.5. The van der Waals surface area contributed by atoms with Crippen LogP contribution >= 0.6 is 27.5 Å². The number of carbonyl (C=O) groups excluding carboxylic acids is 2. The molecule has 1 N–H and O–H groups in total. The van der Waals surface area contributed by atoms with E-state index in [1.54, 1.807) is 60.7 Å². The molecular weight excluding hydrogens is 674 g/mol. The van der Waals surface area contributed by atoms with Crippen LogP contribution in [0.2, 0.25) is 5.02 Å². The number of unbranched alkanes of at least 4 members (excludes halogenated alkanes) is 1. The summed E-state index contributed by atoms with van der Waals surface area (Å²) >= 11 is 9.58. The summed E-state index contributed by atoms with van der Waals surface area (Å²) in [7, 11) is -4.17. The molecule has 0 aliphatic carbocycles. The first kappa shape index (κ1) is 34.2. The van der Waals surface area contributed by atoms with E-state index in [9.17, 15) is 18.0 Å². The van der Waals surface area contributed by atoms with Crippen molar-refractivity contribution in [2.45, 2.75) is 50.6 Å². The first-order chi connectivity index (χ1) is 21.6. The van der Waals surface area contributed by atoms with E-state index in [-0.39, 0.29) is 23.8 Å². The Labute approximate surface area is 279 Å². The number of nitrogens with one attached hydrogen (secondary N) is 1. The molecule has 0 aliphatic heterocycles. The minimum atomic E-state index is -4.17. The largest absolute Gasteiger partial charge is 0.354 e. The van der Waals surface area contributed by atoms with E-state index in [1.165, 1.54) is 17.0 Å². The quantitative estimate of drug-likeness (QED) is 0.141. The molecule has 0 heterocycles. The standard InChI is InChI=1S/C35H37BrClN3O4S/c1-3-4-21-38-35(42)33(22-27-9-6-5-7-10-27)39(24-28-15-17-30(37)18-16-28)34(41)25-40(31-12-8-11-29(36)23-31)45(43,44)32-19-13-26(2)14-20-32/h5-20,23,33H,3-4,21-22,24-25H2,1-2H3,(H,38,42)/t33-/m1/s1. The lowest BCUT2D eigenvalue weighted by Gasteiger charge is -2.34. The summed E-state index contributed by atoms with van der Waals surface area (Å²) < 4.78 is 30.0. The molecule has 0 aliphatic rings. The van der Waals surface area contributed by atoms with Crippen LogP contribution in [0.4, 0.5) is 5.69 Å². The molecule has 0 saturated heterocycles. The molecule has 4 rings (SSSR count). The number of hydrogen-bond donors (Lipinski definition) is 1. The summed E-state index contributed by atoms with van der Waals surface area (Å²) in [5.41, 5.74) is 2.85. The van der Waals surface area contributed by atoms with Crippen LogP contribution < -0.4 is 9.62 Å². The smallest absolute Gasteiger partial charge is 0.264 e. The second kappa shape index (κ2) is 16.1. The lowest BCUT2D eigenvalue weighted by Crippen LogP contribution is -2.53. The molecule has 2 amide bonds. The number of amides is 2. The fraction of sp³-hybridized carbons (Fsp3) is 0.257. The van der Waals surface area contributed by atoms with Gasteiger partial charge < -0.3 is 10.2 Å². The molecule has 4 aromatic carbocycles. The number of benzene rings is 4. The maximum atomic E-state index is 14.5. The molecule has 0 bridgehead atoms. The average Bonchev–Trinajstić information content (AvgIpc) is 3.03. The Morgan fingerprint density at radius 3 is 2.22 bits per heavy atom. The number of halogens is 2. The average molecular weight is 711 g/mol. The number of rotatable bonds is 14. The molecule has 0 aromatic heterocycles. The van der Waals surface area contributed by atoms with Gasteiger partial charge in [-0.05, 0) is 66.9 Å². The molecule has 7 nitrogen and oxygen atoms in total.